The summed E-state index contributed by atoms with van der Waals surface area (Å²) in [6.45, 7) is 5.65. The lowest BCUT2D eigenvalue weighted by atomic mass is 9.95. The van der Waals surface area contributed by atoms with Gasteiger partial charge in [-0.2, -0.15) is 0 Å². The van der Waals surface area contributed by atoms with Crippen molar-refractivity contribution < 1.29 is 9.53 Å². The van der Waals surface area contributed by atoms with Gasteiger partial charge in [-0.25, -0.2) is 0 Å². The number of likely N-dealkylation sites (tertiary alicyclic amines) is 1. The Hall–Kier alpha value is -1.55. The molecule has 24 heavy (non-hydrogen) atoms. The van der Waals surface area contributed by atoms with E-state index < -0.39 is 0 Å². The summed E-state index contributed by atoms with van der Waals surface area (Å²) in [6, 6.07) is 8.79. The second-order valence-corrected chi connectivity index (χ2v) is 7.12. The van der Waals surface area contributed by atoms with Gasteiger partial charge in [-0.3, -0.25) is 9.69 Å². The summed E-state index contributed by atoms with van der Waals surface area (Å²) in [5.74, 6) is 1.44. The number of carbonyl (C=O) groups excluding carboxylic acids is 1. The number of carbonyl (C=O) groups is 1. The number of hydrogen-bond donors (Lipinski definition) is 1. The van der Waals surface area contributed by atoms with Crippen LogP contribution in [0.15, 0.2) is 24.3 Å². The van der Waals surface area contributed by atoms with Crippen LogP contribution in [0.3, 0.4) is 0 Å². The molecule has 1 heterocycles. The first-order chi connectivity index (χ1) is 11.7. The van der Waals surface area contributed by atoms with Gasteiger partial charge in [0.15, 0.2) is 0 Å². The van der Waals surface area contributed by atoms with Crippen molar-refractivity contribution in [2.24, 2.45) is 5.92 Å². The maximum atomic E-state index is 12.4. The van der Waals surface area contributed by atoms with E-state index >= 15 is 0 Å². The van der Waals surface area contributed by atoms with E-state index in [0.717, 1.165) is 38.2 Å². The van der Waals surface area contributed by atoms with Gasteiger partial charge >= 0.3 is 0 Å². The second-order valence-electron chi connectivity index (χ2n) is 7.12. The molecular formula is C20H30N2O2. The van der Waals surface area contributed by atoms with Crippen molar-refractivity contribution in [3.05, 3.63) is 29.8 Å². The Labute approximate surface area is 145 Å². The van der Waals surface area contributed by atoms with Crippen LogP contribution in [0.2, 0.25) is 0 Å². The Morgan fingerprint density at radius 1 is 1.21 bits per heavy atom. The van der Waals surface area contributed by atoms with Crippen LogP contribution < -0.4 is 10.1 Å². The van der Waals surface area contributed by atoms with Crippen molar-refractivity contribution in [3.8, 4) is 5.75 Å². The monoisotopic (exact) mass is 330 g/mol. The molecule has 4 nitrogen and oxygen atoms in total. The normalized spacial score (nSPS) is 20.2. The SMILES string of the molecule is CCOc1cccc(CN2CCC(C(=O)NC3CCCC3)CC2)c1. The lowest BCUT2D eigenvalue weighted by Gasteiger charge is -2.32. The fraction of sp³-hybridized carbons (Fsp3) is 0.650. The zero-order valence-corrected chi connectivity index (χ0v) is 14.8. The highest BCUT2D eigenvalue weighted by Gasteiger charge is 2.27. The molecule has 0 radical (unpaired) electrons. The quantitative estimate of drug-likeness (QED) is 0.869. The summed E-state index contributed by atoms with van der Waals surface area (Å²) < 4.78 is 5.58. The molecule has 0 atom stereocenters. The first kappa shape index (κ1) is 17.3. The highest BCUT2D eigenvalue weighted by Crippen LogP contribution is 2.23. The summed E-state index contributed by atoms with van der Waals surface area (Å²) >= 11 is 0. The molecule has 1 saturated heterocycles. The predicted octanol–water partition coefficient (Wildman–Crippen LogP) is 3.36. The van der Waals surface area contributed by atoms with Crippen LogP contribution in [-0.2, 0) is 11.3 Å². The van der Waals surface area contributed by atoms with Crippen molar-refractivity contribution in [3.63, 3.8) is 0 Å². The number of piperidine rings is 1. The topological polar surface area (TPSA) is 41.6 Å². The number of rotatable bonds is 6. The number of benzene rings is 1. The van der Waals surface area contributed by atoms with Gasteiger partial charge in [-0.05, 0) is 63.4 Å². The minimum atomic E-state index is 0.205. The van der Waals surface area contributed by atoms with Gasteiger partial charge in [0.1, 0.15) is 5.75 Å². The molecule has 1 aromatic carbocycles. The molecule has 0 unspecified atom stereocenters. The number of nitrogens with one attached hydrogen (secondary N) is 1. The van der Waals surface area contributed by atoms with Crippen LogP contribution in [0.25, 0.3) is 0 Å². The third-order valence-corrected chi connectivity index (χ3v) is 5.28. The first-order valence-electron chi connectivity index (χ1n) is 9.49. The molecule has 132 valence electrons. The minimum absolute atomic E-state index is 0.205. The van der Waals surface area contributed by atoms with Gasteiger partial charge in [-0.1, -0.05) is 25.0 Å². The fourth-order valence-corrected chi connectivity index (χ4v) is 3.90. The maximum absolute atomic E-state index is 12.4. The maximum Gasteiger partial charge on any atom is 0.223 e. The van der Waals surface area contributed by atoms with E-state index in [1.54, 1.807) is 0 Å². The summed E-state index contributed by atoms with van der Waals surface area (Å²) in [6.07, 6.45) is 6.82. The van der Waals surface area contributed by atoms with E-state index in [-0.39, 0.29) is 5.92 Å². The minimum Gasteiger partial charge on any atom is -0.494 e. The number of amides is 1. The zero-order chi connectivity index (χ0) is 16.8. The van der Waals surface area contributed by atoms with Crippen LogP contribution in [0, 0.1) is 5.92 Å². The molecule has 1 N–H and O–H groups in total. The van der Waals surface area contributed by atoms with Crippen LogP contribution in [0.4, 0.5) is 0 Å². The molecule has 4 heteroatoms. The Morgan fingerprint density at radius 2 is 1.96 bits per heavy atom. The van der Waals surface area contributed by atoms with Crippen molar-refractivity contribution in [1.82, 2.24) is 10.2 Å². The molecule has 1 aliphatic heterocycles. The van der Waals surface area contributed by atoms with Crippen LogP contribution in [0.5, 0.6) is 5.75 Å². The van der Waals surface area contributed by atoms with E-state index in [1.165, 1.54) is 31.2 Å². The van der Waals surface area contributed by atoms with Gasteiger partial charge in [0.25, 0.3) is 0 Å². The molecular weight excluding hydrogens is 300 g/mol. The van der Waals surface area contributed by atoms with Crippen molar-refractivity contribution in [2.45, 2.75) is 58.0 Å². The summed E-state index contributed by atoms with van der Waals surface area (Å²) in [5.41, 5.74) is 1.29. The summed E-state index contributed by atoms with van der Waals surface area (Å²) in [5, 5.41) is 3.26. The fourth-order valence-electron chi connectivity index (χ4n) is 3.90. The Bertz CT molecular complexity index is 532. The van der Waals surface area contributed by atoms with Crippen LogP contribution >= 0.6 is 0 Å². The molecule has 2 fully saturated rings. The van der Waals surface area contributed by atoms with Crippen LogP contribution in [0.1, 0.15) is 51.0 Å². The third kappa shape index (κ3) is 4.73. The molecule has 1 aromatic rings. The molecule has 0 aromatic heterocycles. The van der Waals surface area contributed by atoms with Gasteiger partial charge < -0.3 is 10.1 Å². The Morgan fingerprint density at radius 3 is 2.67 bits per heavy atom. The van der Waals surface area contributed by atoms with E-state index in [1.807, 2.05) is 13.0 Å². The Kier molecular flexibility index (Phi) is 6.13. The van der Waals surface area contributed by atoms with E-state index in [9.17, 15) is 4.79 Å². The van der Waals surface area contributed by atoms with Crippen LogP contribution in [-0.4, -0.2) is 36.5 Å². The predicted molar refractivity (Wildman–Crippen MR) is 96.0 cm³/mol. The van der Waals surface area contributed by atoms with E-state index in [2.05, 4.69) is 28.4 Å². The molecule has 0 bridgehead atoms. The van der Waals surface area contributed by atoms with Gasteiger partial charge in [0, 0.05) is 18.5 Å². The lowest BCUT2D eigenvalue weighted by Crippen LogP contribution is -2.42. The molecule has 0 spiro atoms. The Balaban J connectivity index is 1.44. The van der Waals surface area contributed by atoms with Crippen molar-refractivity contribution in [2.75, 3.05) is 19.7 Å². The van der Waals surface area contributed by atoms with E-state index in [0.29, 0.717) is 18.6 Å². The molecule has 1 saturated carbocycles. The molecule has 2 aliphatic rings. The summed E-state index contributed by atoms with van der Waals surface area (Å²) in [7, 11) is 0. The molecule has 1 aliphatic carbocycles. The van der Waals surface area contributed by atoms with Gasteiger partial charge in [0.2, 0.25) is 5.91 Å². The third-order valence-electron chi connectivity index (χ3n) is 5.28. The zero-order valence-electron chi connectivity index (χ0n) is 14.8. The summed E-state index contributed by atoms with van der Waals surface area (Å²) in [4.78, 5) is 14.8. The van der Waals surface area contributed by atoms with Crippen molar-refractivity contribution in [1.29, 1.82) is 0 Å². The van der Waals surface area contributed by atoms with E-state index in [4.69, 9.17) is 4.74 Å². The first-order valence-corrected chi connectivity index (χ1v) is 9.49. The lowest BCUT2D eigenvalue weighted by molar-refractivity contribution is -0.127. The highest BCUT2D eigenvalue weighted by atomic mass is 16.5. The second kappa shape index (κ2) is 8.52. The number of hydrogen-bond acceptors (Lipinski definition) is 3. The largest absolute Gasteiger partial charge is 0.494 e. The van der Waals surface area contributed by atoms with Gasteiger partial charge in [-0.15, -0.1) is 0 Å². The number of ether oxygens (including phenoxy) is 1. The molecule has 1 amide bonds. The number of nitrogens with zero attached hydrogens (tertiary/aromatic N) is 1. The van der Waals surface area contributed by atoms with Crippen molar-refractivity contribution >= 4 is 5.91 Å². The average Bonchev–Trinajstić information content (AvgIpc) is 3.09. The molecule has 3 rings (SSSR count). The van der Waals surface area contributed by atoms with Gasteiger partial charge in [0.05, 0.1) is 6.61 Å². The smallest absolute Gasteiger partial charge is 0.223 e. The standard InChI is InChI=1S/C20H30N2O2/c1-2-24-19-9-5-6-16(14-19)15-22-12-10-17(11-13-22)20(23)21-18-7-3-4-8-18/h5-6,9,14,17-18H,2-4,7-8,10-13,15H2,1H3,(H,21,23). The highest BCUT2D eigenvalue weighted by molar-refractivity contribution is 5.79. The average molecular weight is 330 g/mol.